The normalized spacial score (nSPS) is 13.1. The van der Waals surface area contributed by atoms with Crippen molar-refractivity contribution in [3.8, 4) is 0 Å². The summed E-state index contributed by atoms with van der Waals surface area (Å²) in [6.45, 7) is 3.23. The highest BCUT2D eigenvalue weighted by Gasteiger charge is 2.46. The number of halogens is 4. The van der Waals surface area contributed by atoms with Crippen molar-refractivity contribution in [2.45, 2.75) is 19.4 Å². The summed E-state index contributed by atoms with van der Waals surface area (Å²) < 4.78 is 73.7. The molecule has 0 atom stereocenters. The molecule has 0 fully saturated rings. The zero-order valence-corrected chi connectivity index (χ0v) is 11.8. The van der Waals surface area contributed by atoms with Crippen LogP contribution in [0.3, 0.4) is 0 Å². The van der Waals surface area contributed by atoms with E-state index in [2.05, 4.69) is 5.16 Å². The summed E-state index contributed by atoms with van der Waals surface area (Å²) in [4.78, 5) is 4.73. The van der Waals surface area contributed by atoms with Gasteiger partial charge in [-0.15, -0.1) is 0 Å². The second kappa shape index (κ2) is 6.29. The predicted octanol–water partition coefficient (Wildman–Crippen LogP) is 2.85. The van der Waals surface area contributed by atoms with Gasteiger partial charge in [0.1, 0.15) is 12.4 Å². The first-order chi connectivity index (χ1) is 9.58. The predicted molar refractivity (Wildman–Crippen MR) is 68.8 cm³/mol. The number of rotatable bonds is 5. The Balaban J connectivity index is 3.27. The van der Waals surface area contributed by atoms with Crippen molar-refractivity contribution in [3.05, 3.63) is 29.6 Å². The summed E-state index contributed by atoms with van der Waals surface area (Å²) in [6.07, 6.45) is 0. The van der Waals surface area contributed by atoms with Gasteiger partial charge in [0.25, 0.3) is 0 Å². The van der Waals surface area contributed by atoms with Crippen molar-refractivity contribution in [2.24, 2.45) is 5.16 Å². The van der Waals surface area contributed by atoms with Gasteiger partial charge in [0, 0.05) is 5.56 Å². The lowest BCUT2D eigenvalue weighted by atomic mass is 10.1. The zero-order valence-electron chi connectivity index (χ0n) is 11.0. The molecule has 1 N–H and O–H groups in total. The summed E-state index contributed by atoms with van der Waals surface area (Å²) in [5, 5.41) is 3.57. The molecular weight excluding hydrogens is 316 g/mol. The summed E-state index contributed by atoms with van der Waals surface area (Å²) >= 11 is 0. The van der Waals surface area contributed by atoms with Crippen LogP contribution in [0, 0.1) is 5.82 Å². The van der Waals surface area contributed by atoms with E-state index in [0.29, 0.717) is 6.07 Å². The van der Waals surface area contributed by atoms with E-state index in [1.54, 1.807) is 6.92 Å². The first kappa shape index (κ1) is 17.2. The number of hydrogen-bond donors (Lipinski definition) is 1. The van der Waals surface area contributed by atoms with Crippen molar-refractivity contribution in [2.75, 3.05) is 11.3 Å². The van der Waals surface area contributed by atoms with Crippen LogP contribution in [-0.2, 0) is 14.9 Å². The van der Waals surface area contributed by atoms with Crippen LogP contribution < -0.4 is 4.72 Å². The average Bonchev–Trinajstić information content (AvgIpc) is 2.34. The van der Waals surface area contributed by atoms with Gasteiger partial charge in [-0.3, -0.25) is 4.72 Å². The molecule has 5 nitrogen and oxygen atoms in total. The highest BCUT2D eigenvalue weighted by Crippen LogP contribution is 2.27. The highest BCUT2D eigenvalue weighted by molar-refractivity contribution is 7.93. The van der Waals surface area contributed by atoms with Gasteiger partial charge in [0.05, 0.1) is 11.4 Å². The monoisotopic (exact) mass is 328 g/mol. The minimum absolute atomic E-state index is 0.0299. The maximum Gasteiger partial charge on any atom is 0.516 e. The molecule has 0 saturated heterocycles. The number of hydrogen-bond acceptors (Lipinski definition) is 4. The van der Waals surface area contributed by atoms with Crippen LogP contribution in [0.25, 0.3) is 0 Å². The summed E-state index contributed by atoms with van der Waals surface area (Å²) in [5.74, 6) is -0.900. The fourth-order valence-corrected chi connectivity index (χ4v) is 1.90. The molecule has 1 aromatic carbocycles. The van der Waals surface area contributed by atoms with Crippen molar-refractivity contribution in [1.82, 2.24) is 0 Å². The molecule has 0 aliphatic rings. The van der Waals surface area contributed by atoms with Crippen molar-refractivity contribution < 1.29 is 30.8 Å². The molecule has 0 bridgehead atoms. The number of benzene rings is 1. The topological polar surface area (TPSA) is 67.8 Å². The minimum Gasteiger partial charge on any atom is -0.396 e. The molecule has 10 heteroatoms. The van der Waals surface area contributed by atoms with E-state index < -0.39 is 27.0 Å². The molecule has 0 spiro atoms. The summed E-state index contributed by atoms with van der Waals surface area (Å²) in [7, 11) is -5.66. The van der Waals surface area contributed by atoms with E-state index in [1.807, 2.05) is 0 Å². The Kier molecular flexibility index (Phi) is 5.15. The number of sulfonamides is 1. The standard InChI is InChI=1S/C11H12F4N2O3S/c1-3-20-16-7(2)9-5-4-8(12)6-10(9)17-21(18,19)11(13,14)15/h4-6,17H,3H2,1-2H3/b16-7+. The molecule has 0 aromatic heterocycles. The fourth-order valence-electron chi connectivity index (χ4n) is 1.33. The van der Waals surface area contributed by atoms with Gasteiger partial charge in [-0.05, 0) is 32.0 Å². The molecule has 0 unspecified atom stereocenters. The lowest BCUT2D eigenvalue weighted by molar-refractivity contribution is -0.0429. The van der Waals surface area contributed by atoms with Crippen LogP contribution >= 0.6 is 0 Å². The molecule has 118 valence electrons. The van der Waals surface area contributed by atoms with Gasteiger partial charge in [0.15, 0.2) is 0 Å². The molecule has 0 aliphatic heterocycles. The van der Waals surface area contributed by atoms with Gasteiger partial charge in [-0.1, -0.05) is 5.16 Å². The van der Waals surface area contributed by atoms with E-state index in [-0.39, 0.29) is 17.9 Å². The van der Waals surface area contributed by atoms with Crippen LogP contribution in [0.5, 0.6) is 0 Å². The Morgan fingerprint density at radius 3 is 2.52 bits per heavy atom. The van der Waals surface area contributed by atoms with Crippen molar-refractivity contribution >= 4 is 21.4 Å². The molecule has 21 heavy (non-hydrogen) atoms. The van der Waals surface area contributed by atoms with Crippen molar-refractivity contribution in [3.63, 3.8) is 0 Å². The fraction of sp³-hybridized carbons (Fsp3) is 0.364. The molecule has 1 rings (SSSR count). The highest BCUT2D eigenvalue weighted by atomic mass is 32.2. The van der Waals surface area contributed by atoms with Crippen LogP contribution in [0.4, 0.5) is 23.2 Å². The van der Waals surface area contributed by atoms with Crippen LogP contribution in [0.1, 0.15) is 19.4 Å². The van der Waals surface area contributed by atoms with Gasteiger partial charge in [0.2, 0.25) is 0 Å². The number of alkyl halides is 3. The molecule has 0 aliphatic carbocycles. The minimum atomic E-state index is -5.66. The van der Waals surface area contributed by atoms with Crippen LogP contribution in [-0.4, -0.2) is 26.2 Å². The second-order valence-electron chi connectivity index (χ2n) is 3.84. The Morgan fingerprint density at radius 2 is 2.00 bits per heavy atom. The van der Waals surface area contributed by atoms with Gasteiger partial charge in [-0.25, -0.2) is 4.39 Å². The van der Waals surface area contributed by atoms with E-state index >= 15 is 0 Å². The lowest BCUT2D eigenvalue weighted by Crippen LogP contribution is -2.30. The molecule has 0 radical (unpaired) electrons. The Bertz CT molecular complexity index is 641. The summed E-state index contributed by atoms with van der Waals surface area (Å²) in [6, 6.07) is 2.69. The van der Waals surface area contributed by atoms with E-state index in [0.717, 1.165) is 12.1 Å². The van der Waals surface area contributed by atoms with Crippen LogP contribution in [0.15, 0.2) is 23.4 Å². The smallest absolute Gasteiger partial charge is 0.396 e. The SMILES string of the molecule is CCO/N=C(\C)c1ccc(F)cc1NS(=O)(=O)C(F)(F)F. The van der Waals surface area contributed by atoms with Crippen LogP contribution in [0.2, 0.25) is 0 Å². The number of oxime groups is 1. The molecular formula is C11H12F4N2O3S. The Labute approximate surface area is 118 Å². The summed E-state index contributed by atoms with van der Waals surface area (Å²) in [5.41, 5.74) is -6.02. The Morgan fingerprint density at radius 1 is 1.38 bits per heavy atom. The lowest BCUT2D eigenvalue weighted by Gasteiger charge is -2.14. The van der Waals surface area contributed by atoms with E-state index in [1.165, 1.54) is 11.6 Å². The zero-order chi connectivity index (χ0) is 16.3. The average molecular weight is 328 g/mol. The third kappa shape index (κ3) is 4.31. The van der Waals surface area contributed by atoms with Gasteiger partial charge >= 0.3 is 15.5 Å². The second-order valence-corrected chi connectivity index (χ2v) is 5.51. The first-order valence-corrected chi connectivity index (χ1v) is 7.12. The number of nitrogens with zero attached hydrogens (tertiary/aromatic N) is 1. The third-order valence-corrected chi connectivity index (χ3v) is 3.35. The maximum atomic E-state index is 13.1. The molecule has 1 aromatic rings. The Hall–Kier alpha value is -1.84. The van der Waals surface area contributed by atoms with E-state index in [4.69, 9.17) is 4.84 Å². The van der Waals surface area contributed by atoms with E-state index in [9.17, 15) is 26.0 Å². The van der Waals surface area contributed by atoms with Gasteiger partial charge < -0.3 is 4.84 Å². The quantitative estimate of drug-likeness (QED) is 0.513. The first-order valence-electron chi connectivity index (χ1n) is 5.64. The molecule has 0 heterocycles. The maximum absolute atomic E-state index is 13.1. The molecule has 0 amide bonds. The number of anilines is 1. The largest absolute Gasteiger partial charge is 0.516 e. The molecule has 0 saturated carbocycles. The van der Waals surface area contributed by atoms with Crippen molar-refractivity contribution in [1.29, 1.82) is 0 Å². The van der Waals surface area contributed by atoms with Gasteiger partial charge in [-0.2, -0.15) is 21.6 Å². The third-order valence-electron chi connectivity index (χ3n) is 2.25. The number of nitrogens with one attached hydrogen (secondary N) is 1.